The number of carbonyl (C=O) groups is 1. The van der Waals surface area contributed by atoms with E-state index in [4.69, 9.17) is 14.2 Å². The van der Waals surface area contributed by atoms with Crippen molar-refractivity contribution in [2.75, 3.05) is 38.2 Å². The molecule has 0 atom stereocenters. The maximum Gasteiger partial charge on any atom is 0.321 e. The fourth-order valence-corrected chi connectivity index (χ4v) is 2.68. The van der Waals surface area contributed by atoms with E-state index < -0.39 is 0 Å². The van der Waals surface area contributed by atoms with Crippen LogP contribution in [-0.2, 0) is 0 Å². The van der Waals surface area contributed by atoms with Crippen molar-refractivity contribution in [2.24, 2.45) is 0 Å². The van der Waals surface area contributed by atoms with Crippen molar-refractivity contribution < 1.29 is 19.0 Å². The first-order chi connectivity index (χ1) is 13.1. The molecule has 0 aliphatic carbocycles. The summed E-state index contributed by atoms with van der Waals surface area (Å²) < 4.78 is 17.2. The molecule has 1 aromatic carbocycles. The summed E-state index contributed by atoms with van der Waals surface area (Å²) in [7, 11) is 0. The molecule has 1 aromatic rings. The van der Waals surface area contributed by atoms with Crippen molar-refractivity contribution in [3.8, 4) is 17.2 Å². The number of amides is 2. The number of carbonyl (C=O) groups excluding carboxylic acids is 1. The summed E-state index contributed by atoms with van der Waals surface area (Å²) in [6, 6.07) is 3.50. The van der Waals surface area contributed by atoms with Gasteiger partial charge in [-0.25, -0.2) is 4.79 Å². The Balaban J connectivity index is 3.06. The number of urea groups is 1. The minimum absolute atomic E-state index is 0.0917. The molecule has 154 valence electrons. The average Bonchev–Trinajstić information content (AvgIpc) is 2.65. The number of rotatable bonds is 13. The van der Waals surface area contributed by atoms with Gasteiger partial charge < -0.3 is 24.4 Å². The van der Waals surface area contributed by atoms with E-state index in [1.807, 2.05) is 25.7 Å². The van der Waals surface area contributed by atoms with Gasteiger partial charge in [-0.15, -0.1) is 0 Å². The molecule has 0 fully saturated rings. The first kappa shape index (κ1) is 22.9. The van der Waals surface area contributed by atoms with Gasteiger partial charge in [0.15, 0.2) is 11.5 Å². The van der Waals surface area contributed by atoms with Crippen LogP contribution < -0.4 is 19.5 Å². The molecule has 0 heterocycles. The van der Waals surface area contributed by atoms with Gasteiger partial charge in [-0.3, -0.25) is 0 Å². The molecular formula is C21H36N2O4. The first-order valence-corrected chi connectivity index (χ1v) is 10.2. The van der Waals surface area contributed by atoms with E-state index >= 15 is 0 Å². The minimum Gasteiger partial charge on any atom is -0.490 e. The summed E-state index contributed by atoms with van der Waals surface area (Å²) in [4.78, 5) is 14.7. The highest BCUT2D eigenvalue weighted by atomic mass is 16.5. The third-order valence-corrected chi connectivity index (χ3v) is 4.01. The van der Waals surface area contributed by atoms with Gasteiger partial charge in [0.2, 0.25) is 5.75 Å². The second kappa shape index (κ2) is 13.1. The number of nitrogens with zero attached hydrogens (tertiary/aromatic N) is 1. The van der Waals surface area contributed by atoms with Gasteiger partial charge in [-0.1, -0.05) is 26.7 Å². The molecule has 1 N–H and O–H groups in total. The molecule has 0 aromatic heterocycles. The van der Waals surface area contributed by atoms with E-state index in [2.05, 4.69) is 19.2 Å². The van der Waals surface area contributed by atoms with Crippen molar-refractivity contribution in [3.05, 3.63) is 12.1 Å². The lowest BCUT2D eigenvalue weighted by Gasteiger charge is -2.23. The maximum absolute atomic E-state index is 12.8. The highest BCUT2D eigenvalue weighted by molar-refractivity contribution is 5.90. The summed E-state index contributed by atoms with van der Waals surface area (Å²) in [5.74, 6) is 1.73. The third kappa shape index (κ3) is 7.57. The van der Waals surface area contributed by atoms with Crippen LogP contribution in [0.25, 0.3) is 0 Å². The van der Waals surface area contributed by atoms with E-state index in [9.17, 15) is 4.79 Å². The number of hydrogen-bond acceptors (Lipinski definition) is 4. The van der Waals surface area contributed by atoms with Crippen LogP contribution in [0.15, 0.2) is 12.1 Å². The number of benzene rings is 1. The molecule has 0 saturated carbocycles. The molecule has 0 unspecified atom stereocenters. The van der Waals surface area contributed by atoms with Gasteiger partial charge >= 0.3 is 6.03 Å². The van der Waals surface area contributed by atoms with Crippen LogP contribution in [0, 0.1) is 0 Å². The van der Waals surface area contributed by atoms with Crippen LogP contribution in [0.3, 0.4) is 0 Å². The summed E-state index contributed by atoms with van der Waals surface area (Å²) in [5.41, 5.74) is 0.647. The van der Waals surface area contributed by atoms with Crippen LogP contribution in [0.5, 0.6) is 17.2 Å². The standard InChI is InChI=1S/C21H36N2O4/c1-6-11-13-23(14-12-7-2)21(24)22-17-15-18(25-8-3)20(27-10-5)19(16-17)26-9-4/h15-16H,6-14H2,1-5H3,(H,22,24). The highest BCUT2D eigenvalue weighted by Gasteiger charge is 2.18. The molecule has 0 spiro atoms. The van der Waals surface area contributed by atoms with Crippen LogP contribution in [-0.4, -0.2) is 43.8 Å². The Bertz CT molecular complexity index is 528. The molecular weight excluding hydrogens is 344 g/mol. The van der Waals surface area contributed by atoms with Crippen molar-refractivity contribution in [3.63, 3.8) is 0 Å². The molecule has 0 bridgehead atoms. The highest BCUT2D eigenvalue weighted by Crippen LogP contribution is 2.40. The van der Waals surface area contributed by atoms with Gasteiger partial charge in [-0.05, 0) is 33.6 Å². The van der Waals surface area contributed by atoms with Crippen LogP contribution in [0.4, 0.5) is 10.5 Å². The zero-order valence-corrected chi connectivity index (χ0v) is 17.6. The third-order valence-electron chi connectivity index (χ3n) is 4.01. The molecule has 6 nitrogen and oxygen atoms in total. The second-order valence-electron chi connectivity index (χ2n) is 6.22. The van der Waals surface area contributed by atoms with Crippen molar-refractivity contribution in [1.29, 1.82) is 0 Å². The molecule has 0 aliphatic rings. The second-order valence-corrected chi connectivity index (χ2v) is 6.22. The van der Waals surface area contributed by atoms with Crippen LogP contribution in [0.1, 0.15) is 60.3 Å². The normalized spacial score (nSPS) is 10.4. The predicted octanol–water partition coefficient (Wildman–Crippen LogP) is 5.32. The summed E-state index contributed by atoms with van der Waals surface area (Å²) in [6.45, 7) is 13.0. The molecule has 6 heteroatoms. The van der Waals surface area contributed by atoms with Gasteiger partial charge in [0.05, 0.1) is 25.5 Å². The molecule has 0 aliphatic heterocycles. The smallest absolute Gasteiger partial charge is 0.321 e. The molecule has 27 heavy (non-hydrogen) atoms. The van der Waals surface area contributed by atoms with Gasteiger partial charge in [0.25, 0.3) is 0 Å². The molecule has 2 amide bonds. The minimum atomic E-state index is -0.0917. The summed E-state index contributed by atoms with van der Waals surface area (Å²) in [5, 5.41) is 3.00. The van der Waals surface area contributed by atoms with E-state index in [0.29, 0.717) is 42.8 Å². The molecule has 0 saturated heterocycles. The zero-order chi connectivity index (χ0) is 20.1. The lowest BCUT2D eigenvalue weighted by Crippen LogP contribution is -2.36. The SMILES string of the molecule is CCCCN(CCCC)C(=O)Nc1cc(OCC)c(OCC)c(OCC)c1. The number of ether oxygens (including phenoxy) is 3. The van der Waals surface area contributed by atoms with Crippen LogP contribution >= 0.6 is 0 Å². The summed E-state index contributed by atoms with van der Waals surface area (Å²) >= 11 is 0. The molecule has 1 rings (SSSR count). The Morgan fingerprint density at radius 2 is 1.33 bits per heavy atom. The summed E-state index contributed by atoms with van der Waals surface area (Å²) in [6.07, 6.45) is 4.10. The maximum atomic E-state index is 12.8. The molecule has 0 radical (unpaired) electrons. The fourth-order valence-electron chi connectivity index (χ4n) is 2.68. The van der Waals surface area contributed by atoms with Gasteiger partial charge in [-0.2, -0.15) is 0 Å². The van der Waals surface area contributed by atoms with E-state index in [0.717, 1.165) is 38.8 Å². The lowest BCUT2D eigenvalue weighted by molar-refractivity contribution is 0.210. The monoisotopic (exact) mass is 380 g/mol. The van der Waals surface area contributed by atoms with Gasteiger partial charge in [0.1, 0.15) is 0 Å². The van der Waals surface area contributed by atoms with Gasteiger partial charge in [0, 0.05) is 25.2 Å². The Morgan fingerprint density at radius 1 is 0.852 bits per heavy atom. The number of hydrogen-bond donors (Lipinski definition) is 1. The largest absolute Gasteiger partial charge is 0.490 e. The number of anilines is 1. The van der Waals surface area contributed by atoms with Crippen molar-refractivity contribution >= 4 is 11.7 Å². The van der Waals surface area contributed by atoms with E-state index in [1.165, 1.54) is 0 Å². The number of nitrogens with one attached hydrogen (secondary N) is 1. The number of unbranched alkanes of at least 4 members (excludes halogenated alkanes) is 2. The Morgan fingerprint density at radius 3 is 1.74 bits per heavy atom. The lowest BCUT2D eigenvalue weighted by atomic mass is 10.2. The fraction of sp³-hybridized carbons (Fsp3) is 0.667. The topological polar surface area (TPSA) is 60.0 Å². The Hall–Kier alpha value is -2.11. The quantitative estimate of drug-likeness (QED) is 0.503. The first-order valence-electron chi connectivity index (χ1n) is 10.2. The van der Waals surface area contributed by atoms with Crippen molar-refractivity contribution in [1.82, 2.24) is 4.90 Å². The average molecular weight is 381 g/mol. The van der Waals surface area contributed by atoms with E-state index in [1.54, 1.807) is 12.1 Å². The zero-order valence-electron chi connectivity index (χ0n) is 17.6. The van der Waals surface area contributed by atoms with E-state index in [-0.39, 0.29) is 6.03 Å². The predicted molar refractivity (Wildman–Crippen MR) is 110 cm³/mol. The Kier molecular flexibility index (Phi) is 11.1. The van der Waals surface area contributed by atoms with Crippen molar-refractivity contribution in [2.45, 2.75) is 60.3 Å². The van der Waals surface area contributed by atoms with Crippen LogP contribution in [0.2, 0.25) is 0 Å². The Labute approximate surface area is 164 Å².